The van der Waals surface area contributed by atoms with Crippen molar-refractivity contribution in [2.45, 2.75) is 19.8 Å². The van der Waals surface area contributed by atoms with Crippen LogP contribution in [0.2, 0.25) is 0 Å². The summed E-state index contributed by atoms with van der Waals surface area (Å²) in [6.45, 7) is 2.33. The Morgan fingerprint density at radius 1 is 1.53 bits per heavy atom. The summed E-state index contributed by atoms with van der Waals surface area (Å²) in [5.41, 5.74) is 5.85. The molecule has 1 aromatic carbocycles. The van der Waals surface area contributed by atoms with Gasteiger partial charge in [-0.1, -0.05) is 13.3 Å². The molecule has 0 saturated heterocycles. The molecule has 0 amide bonds. The summed E-state index contributed by atoms with van der Waals surface area (Å²) >= 11 is 0. The second-order valence-corrected chi connectivity index (χ2v) is 3.22. The number of carbonyl (C=O) groups is 1. The highest BCUT2D eigenvalue weighted by Gasteiger charge is 2.11. The Hall–Kier alpha value is -1.58. The van der Waals surface area contributed by atoms with E-state index in [4.69, 9.17) is 10.5 Å². The van der Waals surface area contributed by atoms with Crippen LogP contribution in [0.15, 0.2) is 18.2 Å². The molecule has 0 unspecified atom stereocenters. The number of halogens is 1. The Bertz CT molecular complexity index is 352. The van der Waals surface area contributed by atoms with Crippen LogP contribution in [0.5, 0.6) is 0 Å². The van der Waals surface area contributed by atoms with Crippen molar-refractivity contribution in [2.24, 2.45) is 0 Å². The number of nitrogen functional groups attached to an aromatic ring is 1. The lowest BCUT2D eigenvalue weighted by Gasteiger charge is -2.06. The molecule has 15 heavy (non-hydrogen) atoms. The minimum Gasteiger partial charge on any atom is -0.462 e. The van der Waals surface area contributed by atoms with Crippen LogP contribution in [0.25, 0.3) is 0 Å². The monoisotopic (exact) mass is 211 g/mol. The zero-order valence-corrected chi connectivity index (χ0v) is 8.63. The first-order valence-corrected chi connectivity index (χ1v) is 4.87. The molecule has 0 aliphatic rings. The van der Waals surface area contributed by atoms with Crippen LogP contribution in [-0.2, 0) is 4.74 Å². The van der Waals surface area contributed by atoms with Gasteiger partial charge >= 0.3 is 5.97 Å². The van der Waals surface area contributed by atoms with Crippen molar-refractivity contribution in [1.82, 2.24) is 0 Å². The third-order valence-electron chi connectivity index (χ3n) is 1.97. The number of nitrogens with two attached hydrogens (primary N) is 1. The van der Waals surface area contributed by atoms with Crippen molar-refractivity contribution in [3.05, 3.63) is 29.6 Å². The van der Waals surface area contributed by atoms with Gasteiger partial charge in [-0.15, -0.1) is 0 Å². The van der Waals surface area contributed by atoms with Crippen LogP contribution >= 0.6 is 0 Å². The predicted octanol–water partition coefficient (Wildman–Crippen LogP) is 2.36. The summed E-state index contributed by atoms with van der Waals surface area (Å²) in [4.78, 5) is 11.4. The second kappa shape index (κ2) is 5.34. The van der Waals surface area contributed by atoms with Crippen molar-refractivity contribution in [3.8, 4) is 0 Å². The average molecular weight is 211 g/mol. The fourth-order valence-corrected chi connectivity index (χ4v) is 1.09. The highest BCUT2D eigenvalue weighted by Crippen LogP contribution is 2.14. The molecule has 0 fully saturated rings. The molecule has 3 nitrogen and oxygen atoms in total. The standard InChI is InChI=1S/C11H14FNO2/c1-2-3-6-15-11(14)9-7-8(12)4-5-10(9)13/h4-5,7H,2-3,6,13H2,1H3. The third-order valence-corrected chi connectivity index (χ3v) is 1.97. The van der Waals surface area contributed by atoms with Gasteiger partial charge in [0.2, 0.25) is 0 Å². The van der Waals surface area contributed by atoms with E-state index in [0.29, 0.717) is 6.61 Å². The van der Waals surface area contributed by atoms with E-state index in [1.807, 2.05) is 6.92 Å². The number of anilines is 1. The van der Waals surface area contributed by atoms with E-state index in [0.717, 1.165) is 18.9 Å². The lowest BCUT2D eigenvalue weighted by Crippen LogP contribution is -2.09. The fraction of sp³-hybridized carbons (Fsp3) is 0.364. The van der Waals surface area contributed by atoms with Gasteiger partial charge in [0.05, 0.1) is 12.2 Å². The van der Waals surface area contributed by atoms with Crippen LogP contribution in [0, 0.1) is 5.82 Å². The summed E-state index contributed by atoms with van der Waals surface area (Å²) in [6, 6.07) is 3.65. The topological polar surface area (TPSA) is 52.3 Å². The van der Waals surface area contributed by atoms with Gasteiger partial charge in [0.25, 0.3) is 0 Å². The molecule has 0 aliphatic heterocycles. The van der Waals surface area contributed by atoms with Crippen LogP contribution in [0.1, 0.15) is 30.1 Å². The van der Waals surface area contributed by atoms with Crippen LogP contribution < -0.4 is 5.73 Å². The zero-order valence-electron chi connectivity index (χ0n) is 8.63. The van der Waals surface area contributed by atoms with Crippen LogP contribution in [-0.4, -0.2) is 12.6 Å². The molecule has 0 heterocycles. The van der Waals surface area contributed by atoms with Gasteiger partial charge in [-0.2, -0.15) is 0 Å². The number of ether oxygens (including phenoxy) is 1. The maximum absolute atomic E-state index is 12.8. The highest BCUT2D eigenvalue weighted by atomic mass is 19.1. The van der Waals surface area contributed by atoms with E-state index in [2.05, 4.69) is 0 Å². The summed E-state index contributed by atoms with van der Waals surface area (Å²) in [5.74, 6) is -1.06. The summed E-state index contributed by atoms with van der Waals surface area (Å²) in [6.07, 6.45) is 1.73. The predicted molar refractivity (Wildman–Crippen MR) is 56.0 cm³/mol. The minimum absolute atomic E-state index is 0.0890. The number of rotatable bonds is 4. The van der Waals surface area contributed by atoms with Crippen molar-refractivity contribution in [1.29, 1.82) is 0 Å². The maximum Gasteiger partial charge on any atom is 0.340 e. The van der Waals surface area contributed by atoms with E-state index >= 15 is 0 Å². The quantitative estimate of drug-likeness (QED) is 0.472. The smallest absolute Gasteiger partial charge is 0.340 e. The molecule has 2 N–H and O–H groups in total. The SMILES string of the molecule is CCCCOC(=O)c1cc(F)ccc1N. The van der Waals surface area contributed by atoms with E-state index in [1.165, 1.54) is 12.1 Å². The molecular formula is C11H14FNO2. The number of hydrogen-bond donors (Lipinski definition) is 1. The highest BCUT2D eigenvalue weighted by molar-refractivity contribution is 5.95. The largest absolute Gasteiger partial charge is 0.462 e. The maximum atomic E-state index is 12.8. The molecule has 82 valence electrons. The number of esters is 1. The molecule has 0 radical (unpaired) electrons. The average Bonchev–Trinajstić information content (AvgIpc) is 2.22. The van der Waals surface area contributed by atoms with Gasteiger partial charge in [0.15, 0.2) is 0 Å². The number of hydrogen-bond acceptors (Lipinski definition) is 3. The molecular weight excluding hydrogens is 197 g/mol. The Kier molecular flexibility index (Phi) is 4.09. The van der Waals surface area contributed by atoms with Gasteiger partial charge in [-0.3, -0.25) is 0 Å². The van der Waals surface area contributed by atoms with Crippen molar-refractivity contribution >= 4 is 11.7 Å². The molecule has 0 bridgehead atoms. The minimum atomic E-state index is -0.569. The van der Waals surface area contributed by atoms with Crippen molar-refractivity contribution in [2.75, 3.05) is 12.3 Å². The Labute approximate surface area is 88.0 Å². The Morgan fingerprint density at radius 2 is 2.27 bits per heavy atom. The first-order valence-electron chi connectivity index (χ1n) is 4.87. The normalized spacial score (nSPS) is 10.0. The molecule has 0 spiro atoms. The van der Waals surface area contributed by atoms with Gasteiger partial charge in [-0.25, -0.2) is 9.18 Å². The molecule has 0 aliphatic carbocycles. The van der Waals surface area contributed by atoms with Crippen LogP contribution in [0.4, 0.5) is 10.1 Å². The van der Waals surface area contributed by atoms with E-state index in [9.17, 15) is 9.18 Å². The van der Waals surface area contributed by atoms with Crippen molar-refractivity contribution < 1.29 is 13.9 Å². The van der Waals surface area contributed by atoms with Gasteiger partial charge in [0.1, 0.15) is 5.82 Å². The molecule has 1 aromatic rings. The zero-order chi connectivity index (χ0) is 11.3. The van der Waals surface area contributed by atoms with E-state index in [-0.39, 0.29) is 11.3 Å². The van der Waals surface area contributed by atoms with Crippen molar-refractivity contribution in [3.63, 3.8) is 0 Å². The third kappa shape index (κ3) is 3.23. The second-order valence-electron chi connectivity index (χ2n) is 3.22. The van der Waals surface area contributed by atoms with Gasteiger partial charge in [0, 0.05) is 5.69 Å². The summed E-state index contributed by atoms with van der Waals surface area (Å²) < 4.78 is 17.8. The van der Waals surface area contributed by atoms with Gasteiger partial charge in [-0.05, 0) is 24.6 Å². The lowest BCUT2D eigenvalue weighted by atomic mass is 10.2. The molecule has 0 saturated carbocycles. The molecule has 0 atom stereocenters. The Balaban J connectivity index is 2.68. The van der Waals surface area contributed by atoms with Crippen LogP contribution in [0.3, 0.4) is 0 Å². The van der Waals surface area contributed by atoms with E-state index in [1.54, 1.807) is 0 Å². The van der Waals surface area contributed by atoms with E-state index < -0.39 is 11.8 Å². The first-order chi connectivity index (χ1) is 7.15. The Morgan fingerprint density at radius 3 is 2.93 bits per heavy atom. The summed E-state index contributed by atoms with van der Waals surface area (Å²) in [7, 11) is 0. The molecule has 1 rings (SSSR count). The number of benzene rings is 1. The fourth-order valence-electron chi connectivity index (χ4n) is 1.09. The molecule has 4 heteroatoms. The van der Waals surface area contributed by atoms with Gasteiger partial charge < -0.3 is 10.5 Å². The lowest BCUT2D eigenvalue weighted by molar-refractivity contribution is 0.0500. The number of unbranched alkanes of at least 4 members (excludes halogenated alkanes) is 1. The summed E-state index contributed by atoms with van der Waals surface area (Å²) in [5, 5.41) is 0. The number of carbonyl (C=O) groups excluding carboxylic acids is 1. The molecule has 0 aromatic heterocycles. The first kappa shape index (κ1) is 11.5.